The summed E-state index contributed by atoms with van der Waals surface area (Å²) >= 11 is 0. The zero-order valence-electron chi connectivity index (χ0n) is 30.5. The lowest BCUT2D eigenvalue weighted by Crippen LogP contribution is -2.60. The van der Waals surface area contributed by atoms with E-state index in [0.29, 0.717) is 16.7 Å². The maximum absolute atomic E-state index is 13.5. The fourth-order valence-electron chi connectivity index (χ4n) is 7.15. The summed E-state index contributed by atoms with van der Waals surface area (Å²) in [6.45, 7) is -1.34. The van der Waals surface area contributed by atoms with Crippen molar-refractivity contribution in [3.63, 3.8) is 0 Å². The number of rotatable bonds is 14. The molecule has 8 unspecified atom stereocenters. The van der Waals surface area contributed by atoms with Crippen LogP contribution in [0.2, 0.25) is 0 Å². The van der Waals surface area contributed by atoms with Gasteiger partial charge >= 0.3 is 5.97 Å². The van der Waals surface area contributed by atoms with Crippen molar-refractivity contribution in [1.29, 1.82) is 0 Å². The first-order chi connectivity index (χ1) is 25.9. The van der Waals surface area contributed by atoms with Crippen molar-refractivity contribution >= 4 is 5.97 Å². The number of benzene rings is 3. The van der Waals surface area contributed by atoms with Crippen LogP contribution in [0.1, 0.15) is 33.0 Å². The van der Waals surface area contributed by atoms with Crippen LogP contribution < -0.4 is 28.4 Å². The first kappa shape index (κ1) is 40.3. The molecule has 296 valence electrons. The molecule has 2 aliphatic rings. The fraction of sp³-hybridized carbons (Fsp3) is 0.486. The molecule has 0 amide bonds. The Morgan fingerprint density at radius 3 is 1.76 bits per heavy atom. The third-order valence-corrected chi connectivity index (χ3v) is 9.93. The van der Waals surface area contributed by atoms with Crippen molar-refractivity contribution in [2.75, 3.05) is 62.5 Å². The maximum Gasteiger partial charge on any atom is 0.338 e. The Kier molecular flexibility index (Phi) is 12.7. The summed E-state index contributed by atoms with van der Waals surface area (Å²) in [7, 11) is 8.04. The van der Waals surface area contributed by atoms with Gasteiger partial charge in [0.1, 0.15) is 18.3 Å². The molecule has 3 aromatic carbocycles. The standard InChI is InChI=1S/C37H46O17/c1-46-21-9-17(10-22(47-2)29(21)40)27-20(19(13-38)7-16-8-25(50-5)32(43)34(51-6)28(16)27)15-52-37-35(33(44)31(42)26(14-39)53-37)54-36(45)18-11-23(48-3)30(41)24(12-18)49-4/h8-12,19-20,26-27,31,33,35,37-44H,7,13-15H2,1-6H3. The number of methoxy groups -OCH3 is 6. The van der Waals surface area contributed by atoms with Crippen LogP contribution in [0.4, 0.5) is 0 Å². The van der Waals surface area contributed by atoms with Crippen LogP contribution in [0.3, 0.4) is 0 Å². The van der Waals surface area contributed by atoms with Gasteiger partial charge in [-0.25, -0.2) is 4.79 Å². The molecule has 17 heteroatoms. The Bertz CT molecular complexity index is 1750. The minimum absolute atomic E-state index is 0.0707. The summed E-state index contributed by atoms with van der Waals surface area (Å²) in [6.07, 6.45) is -7.85. The van der Waals surface area contributed by atoms with Gasteiger partial charge in [0.2, 0.25) is 17.2 Å². The predicted molar refractivity (Wildman–Crippen MR) is 186 cm³/mol. The van der Waals surface area contributed by atoms with E-state index in [9.17, 15) is 40.5 Å². The molecule has 1 aliphatic heterocycles. The van der Waals surface area contributed by atoms with Crippen LogP contribution in [0.5, 0.6) is 51.7 Å². The van der Waals surface area contributed by atoms with E-state index in [1.807, 2.05) is 0 Å². The highest BCUT2D eigenvalue weighted by molar-refractivity contribution is 5.91. The van der Waals surface area contributed by atoms with Crippen molar-refractivity contribution in [1.82, 2.24) is 0 Å². The molecule has 0 bridgehead atoms. The van der Waals surface area contributed by atoms with Gasteiger partial charge in [-0.05, 0) is 59.7 Å². The molecule has 5 rings (SSSR count). The lowest BCUT2D eigenvalue weighted by molar-refractivity contribution is -0.303. The van der Waals surface area contributed by atoms with Crippen molar-refractivity contribution < 1.29 is 83.2 Å². The molecule has 1 heterocycles. The van der Waals surface area contributed by atoms with Gasteiger partial charge in [-0.15, -0.1) is 0 Å². The number of carbonyl (C=O) groups excluding carboxylic acids is 1. The van der Waals surface area contributed by atoms with Gasteiger partial charge in [0, 0.05) is 18.1 Å². The van der Waals surface area contributed by atoms with E-state index in [2.05, 4.69) is 0 Å². The van der Waals surface area contributed by atoms with Gasteiger partial charge in [-0.1, -0.05) is 0 Å². The molecule has 0 saturated carbocycles. The number of aromatic hydroxyl groups is 3. The first-order valence-electron chi connectivity index (χ1n) is 16.8. The van der Waals surface area contributed by atoms with Gasteiger partial charge in [0.15, 0.2) is 46.9 Å². The van der Waals surface area contributed by atoms with Crippen molar-refractivity contribution in [3.05, 3.63) is 52.6 Å². The van der Waals surface area contributed by atoms with Gasteiger partial charge in [0.05, 0.1) is 61.4 Å². The summed E-state index contributed by atoms with van der Waals surface area (Å²) in [5.74, 6) is -3.78. The second-order valence-corrected chi connectivity index (χ2v) is 12.7. The minimum Gasteiger partial charge on any atom is -0.502 e. The predicted octanol–water partition coefficient (Wildman–Crippen LogP) is 1.45. The second kappa shape index (κ2) is 17.0. The van der Waals surface area contributed by atoms with E-state index < -0.39 is 61.0 Å². The zero-order valence-corrected chi connectivity index (χ0v) is 30.5. The topological polar surface area (TPSA) is 242 Å². The van der Waals surface area contributed by atoms with Crippen LogP contribution in [0.15, 0.2) is 30.3 Å². The molecular formula is C37H46O17. The van der Waals surface area contributed by atoms with Crippen LogP contribution in [-0.4, -0.2) is 135 Å². The monoisotopic (exact) mass is 762 g/mol. The minimum atomic E-state index is -1.81. The largest absolute Gasteiger partial charge is 0.502 e. The molecular weight excluding hydrogens is 716 g/mol. The summed E-state index contributed by atoms with van der Waals surface area (Å²) in [5, 5.41) is 75.1. The number of aliphatic hydroxyl groups is 4. The number of carbonyl (C=O) groups is 1. The third-order valence-electron chi connectivity index (χ3n) is 9.93. The SMILES string of the molecule is COc1cc(C(=O)OC2C(OCC3C(CO)Cc4cc(OC)c(O)c(OC)c4C3c3cc(OC)c(O)c(OC)c3)OC(CO)C(O)C2O)cc(OC)c1O. The summed E-state index contributed by atoms with van der Waals surface area (Å²) < 4.78 is 50.2. The van der Waals surface area contributed by atoms with Crippen molar-refractivity contribution in [2.45, 2.75) is 43.0 Å². The van der Waals surface area contributed by atoms with E-state index in [1.165, 1.54) is 54.8 Å². The number of fused-ring (bicyclic) bond motifs is 1. The second-order valence-electron chi connectivity index (χ2n) is 12.7. The Labute approximate surface area is 310 Å². The summed E-state index contributed by atoms with van der Waals surface area (Å²) in [5.41, 5.74) is 1.54. The highest BCUT2D eigenvalue weighted by atomic mass is 16.7. The van der Waals surface area contributed by atoms with E-state index in [0.717, 1.165) is 0 Å². The van der Waals surface area contributed by atoms with E-state index in [4.69, 9.17) is 42.6 Å². The average molecular weight is 763 g/mol. The van der Waals surface area contributed by atoms with Crippen LogP contribution >= 0.6 is 0 Å². The molecule has 54 heavy (non-hydrogen) atoms. The van der Waals surface area contributed by atoms with Gasteiger partial charge in [0.25, 0.3) is 0 Å². The fourth-order valence-corrected chi connectivity index (χ4v) is 7.15. The summed E-state index contributed by atoms with van der Waals surface area (Å²) in [4.78, 5) is 13.5. The molecule has 1 fully saturated rings. The van der Waals surface area contributed by atoms with Crippen LogP contribution in [0, 0.1) is 11.8 Å². The quantitative estimate of drug-likeness (QED) is 0.115. The van der Waals surface area contributed by atoms with Crippen molar-refractivity contribution in [3.8, 4) is 51.7 Å². The Hall–Kier alpha value is -4.91. The van der Waals surface area contributed by atoms with Crippen molar-refractivity contribution in [2.24, 2.45) is 11.8 Å². The molecule has 0 spiro atoms. The molecule has 0 aromatic heterocycles. The normalized spacial score (nSPS) is 24.9. The van der Waals surface area contributed by atoms with Gasteiger partial charge < -0.3 is 78.4 Å². The number of hydrogen-bond acceptors (Lipinski definition) is 17. The van der Waals surface area contributed by atoms with E-state index >= 15 is 0 Å². The Balaban J connectivity index is 1.58. The molecule has 7 N–H and O–H groups in total. The third kappa shape index (κ3) is 7.42. The number of phenols is 3. The molecule has 1 saturated heterocycles. The summed E-state index contributed by atoms with van der Waals surface area (Å²) in [6, 6.07) is 7.17. The molecule has 0 radical (unpaired) electrons. The smallest absolute Gasteiger partial charge is 0.338 e. The maximum atomic E-state index is 13.5. The number of phenolic OH excluding ortho intramolecular Hbond substituents is 3. The molecule has 1 aliphatic carbocycles. The highest BCUT2D eigenvalue weighted by Crippen LogP contribution is 2.54. The first-order valence-corrected chi connectivity index (χ1v) is 16.8. The zero-order chi connectivity index (χ0) is 39.4. The van der Waals surface area contributed by atoms with Crippen LogP contribution in [-0.2, 0) is 20.6 Å². The average Bonchev–Trinajstić information content (AvgIpc) is 3.18. The Morgan fingerprint density at radius 2 is 1.26 bits per heavy atom. The number of esters is 1. The van der Waals surface area contributed by atoms with Crippen LogP contribution in [0.25, 0.3) is 0 Å². The molecule has 3 aromatic rings. The Morgan fingerprint density at radius 1 is 0.722 bits per heavy atom. The lowest BCUT2D eigenvalue weighted by Gasteiger charge is -2.44. The van der Waals surface area contributed by atoms with E-state index in [1.54, 1.807) is 18.2 Å². The number of hydrogen-bond donors (Lipinski definition) is 7. The molecule has 8 atom stereocenters. The van der Waals surface area contributed by atoms with Gasteiger partial charge in [-0.2, -0.15) is 0 Å². The van der Waals surface area contributed by atoms with Gasteiger partial charge in [-0.3, -0.25) is 0 Å². The highest BCUT2D eigenvalue weighted by Gasteiger charge is 2.49. The number of ether oxygens (including phenoxy) is 9. The lowest BCUT2D eigenvalue weighted by atomic mass is 9.66. The van der Waals surface area contributed by atoms with E-state index in [-0.39, 0.29) is 76.9 Å². The molecule has 17 nitrogen and oxygen atoms in total. The number of aliphatic hydroxyl groups excluding tert-OH is 4.